The number of nitrogens with zero attached hydrogens (tertiary/aromatic N) is 6. The molecule has 0 amide bonds. The lowest BCUT2D eigenvalue weighted by Crippen LogP contribution is -2.39. The first-order chi connectivity index (χ1) is 18.1. The Morgan fingerprint density at radius 3 is 2.34 bits per heavy atom. The van der Waals surface area contributed by atoms with E-state index in [9.17, 15) is 4.79 Å². The molecule has 0 fully saturated rings. The van der Waals surface area contributed by atoms with Crippen molar-refractivity contribution in [2.24, 2.45) is 0 Å². The third-order valence-corrected chi connectivity index (χ3v) is 8.28. The lowest BCUT2D eigenvalue weighted by Gasteiger charge is -2.31. The molecule has 0 N–H and O–H groups in total. The molecule has 0 aliphatic rings. The highest BCUT2D eigenvalue weighted by atomic mass is 35.5. The van der Waals surface area contributed by atoms with Crippen LogP contribution in [0.1, 0.15) is 27.7 Å². The second-order valence-electron chi connectivity index (χ2n) is 10.3. The van der Waals surface area contributed by atoms with Crippen molar-refractivity contribution in [3.8, 4) is 16.1 Å². The zero-order valence-electron chi connectivity index (χ0n) is 22.6. The van der Waals surface area contributed by atoms with E-state index in [2.05, 4.69) is 48.2 Å². The van der Waals surface area contributed by atoms with Gasteiger partial charge in [-0.25, -0.2) is 9.97 Å². The Labute approximate surface area is 231 Å². The number of anilines is 1. The van der Waals surface area contributed by atoms with Crippen LogP contribution in [-0.2, 0) is 6.54 Å². The molecular weight excluding hydrogens is 516 g/mol. The molecule has 2 aromatic carbocycles. The fraction of sp³-hybridized carbons (Fsp3) is 0.345. The van der Waals surface area contributed by atoms with Crippen LogP contribution in [0.2, 0.25) is 5.02 Å². The summed E-state index contributed by atoms with van der Waals surface area (Å²) in [6, 6.07) is 16.5. The van der Waals surface area contributed by atoms with Gasteiger partial charge in [0.1, 0.15) is 11.0 Å². The molecule has 0 spiro atoms. The molecule has 3 heterocycles. The SMILES string of the molecule is CC(C)N(CCn1c(N(C)C)nc2cc(-n3cnc4cc(-c5ccc(Cl)cc5)sc4c3=O)ccc21)C(C)C. The maximum atomic E-state index is 13.5. The molecule has 0 bridgehead atoms. The number of thiophene rings is 1. The number of hydrogen-bond donors (Lipinski definition) is 0. The van der Waals surface area contributed by atoms with Gasteiger partial charge in [0.05, 0.1) is 22.2 Å². The molecule has 38 heavy (non-hydrogen) atoms. The number of hydrogen-bond acceptors (Lipinski definition) is 6. The first kappa shape index (κ1) is 26.4. The van der Waals surface area contributed by atoms with E-state index in [4.69, 9.17) is 16.6 Å². The number of benzene rings is 2. The summed E-state index contributed by atoms with van der Waals surface area (Å²) in [5.41, 5.74) is 4.27. The van der Waals surface area contributed by atoms with Gasteiger partial charge in [0.15, 0.2) is 0 Å². The monoisotopic (exact) mass is 548 g/mol. The van der Waals surface area contributed by atoms with E-state index >= 15 is 0 Å². The highest BCUT2D eigenvalue weighted by Gasteiger charge is 2.18. The van der Waals surface area contributed by atoms with Crippen LogP contribution in [0, 0.1) is 0 Å². The Balaban J connectivity index is 1.52. The van der Waals surface area contributed by atoms with Gasteiger partial charge in [-0.3, -0.25) is 14.3 Å². The number of imidazole rings is 1. The molecule has 5 aromatic rings. The van der Waals surface area contributed by atoms with Crippen LogP contribution >= 0.6 is 22.9 Å². The minimum absolute atomic E-state index is 0.0867. The van der Waals surface area contributed by atoms with Crippen molar-refractivity contribution in [2.75, 3.05) is 25.5 Å². The zero-order valence-corrected chi connectivity index (χ0v) is 24.2. The van der Waals surface area contributed by atoms with Crippen LogP contribution in [0.4, 0.5) is 5.95 Å². The van der Waals surface area contributed by atoms with E-state index in [1.807, 2.05) is 61.5 Å². The lowest BCUT2D eigenvalue weighted by atomic mass is 10.2. The Morgan fingerprint density at radius 2 is 1.68 bits per heavy atom. The van der Waals surface area contributed by atoms with E-state index in [1.165, 1.54) is 11.3 Å². The maximum absolute atomic E-state index is 13.5. The normalized spacial score (nSPS) is 12.1. The van der Waals surface area contributed by atoms with Gasteiger partial charge in [-0.1, -0.05) is 23.7 Å². The lowest BCUT2D eigenvalue weighted by molar-refractivity contribution is 0.169. The molecule has 0 saturated carbocycles. The van der Waals surface area contributed by atoms with Crippen LogP contribution < -0.4 is 10.5 Å². The average Bonchev–Trinajstić information content (AvgIpc) is 3.47. The summed E-state index contributed by atoms with van der Waals surface area (Å²) in [6.45, 7) is 10.7. The van der Waals surface area contributed by atoms with Crippen LogP contribution in [0.5, 0.6) is 0 Å². The van der Waals surface area contributed by atoms with Gasteiger partial charge in [-0.15, -0.1) is 11.3 Å². The molecule has 0 aliphatic heterocycles. The van der Waals surface area contributed by atoms with Gasteiger partial charge < -0.3 is 9.47 Å². The second-order valence-corrected chi connectivity index (χ2v) is 11.8. The highest BCUT2D eigenvalue weighted by Crippen LogP contribution is 2.32. The molecule has 3 aromatic heterocycles. The van der Waals surface area contributed by atoms with E-state index in [1.54, 1.807) is 10.9 Å². The summed E-state index contributed by atoms with van der Waals surface area (Å²) in [6.07, 6.45) is 1.61. The summed E-state index contributed by atoms with van der Waals surface area (Å²) in [4.78, 5) is 28.6. The molecule has 0 unspecified atom stereocenters. The van der Waals surface area contributed by atoms with E-state index < -0.39 is 0 Å². The van der Waals surface area contributed by atoms with Crippen LogP contribution in [0.15, 0.2) is 59.7 Å². The highest BCUT2D eigenvalue weighted by molar-refractivity contribution is 7.22. The number of aromatic nitrogens is 4. The quantitative estimate of drug-likeness (QED) is 0.228. The summed E-state index contributed by atoms with van der Waals surface area (Å²) >= 11 is 7.49. The molecule has 198 valence electrons. The predicted molar refractivity (Wildman–Crippen MR) is 160 cm³/mol. The predicted octanol–water partition coefficient (Wildman–Crippen LogP) is 6.30. The summed E-state index contributed by atoms with van der Waals surface area (Å²) in [5.74, 6) is 0.899. The van der Waals surface area contributed by atoms with Gasteiger partial charge in [0.25, 0.3) is 5.56 Å². The van der Waals surface area contributed by atoms with Crippen molar-refractivity contribution >= 4 is 50.1 Å². The van der Waals surface area contributed by atoms with Crippen LogP contribution in [-0.4, -0.2) is 56.7 Å². The van der Waals surface area contributed by atoms with Crippen LogP contribution in [0.3, 0.4) is 0 Å². The smallest absolute Gasteiger partial charge is 0.275 e. The Bertz CT molecular complexity index is 1640. The van der Waals surface area contributed by atoms with Crippen molar-refractivity contribution in [1.29, 1.82) is 0 Å². The van der Waals surface area contributed by atoms with Gasteiger partial charge in [0, 0.05) is 49.2 Å². The Hall–Kier alpha value is -3.20. The average molecular weight is 549 g/mol. The Morgan fingerprint density at radius 1 is 0.974 bits per heavy atom. The third-order valence-electron chi connectivity index (χ3n) is 6.86. The van der Waals surface area contributed by atoms with Crippen molar-refractivity contribution in [3.63, 3.8) is 0 Å². The number of halogens is 1. The molecule has 0 saturated heterocycles. The van der Waals surface area contributed by atoms with Crippen molar-refractivity contribution in [3.05, 3.63) is 70.2 Å². The van der Waals surface area contributed by atoms with Crippen LogP contribution in [0.25, 0.3) is 37.4 Å². The number of rotatable bonds is 8. The minimum atomic E-state index is -0.0867. The molecule has 0 radical (unpaired) electrons. The van der Waals surface area contributed by atoms with Crippen molar-refractivity contribution < 1.29 is 0 Å². The van der Waals surface area contributed by atoms with E-state index in [-0.39, 0.29) is 5.56 Å². The minimum Gasteiger partial charge on any atom is -0.348 e. The Kier molecular flexibility index (Phi) is 7.31. The molecule has 9 heteroatoms. The van der Waals surface area contributed by atoms with Crippen molar-refractivity contribution in [2.45, 2.75) is 46.3 Å². The zero-order chi connectivity index (χ0) is 27.1. The molecule has 7 nitrogen and oxygen atoms in total. The third kappa shape index (κ3) is 4.96. The van der Waals surface area contributed by atoms with Gasteiger partial charge in [0.2, 0.25) is 5.95 Å². The van der Waals surface area contributed by atoms with Gasteiger partial charge >= 0.3 is 0 Å². The molecule has 0 atom stereocenters. The standard InChI is InChI=1S/C29H33ClN6OS/c1-18(2)34(19(3)4)13-14-35-25-12-11-22(15-23(25)32-29(35)33(5)6)36-17-31-24-16-26(38-27(24)28(36)37)20-7-9-21(30)10-8-20/h7-12,15-19H,13-14H2,1-6H3. The summed E-state index contributed by atoms with van der Waals surface area (Å²) in [5, 5.41) is 0.683. The molecule has 5 rings (SSSR count). The van der Waals surface area contributed by atoms with Gasteiger partial charge in [-0.2, -0.15) is 0 Å². The molecular formula is C29H33ClN6OS. The fourth-order valence-electron chi connectivity index (χ4n) is 5.00. The summed E-state index contributed by atoms with van der Waals surface area (Å²) in [7, 11) is 4.03. The largest absolute Gasteiger partial charge is 0.348 e. The summed E-state index contributed by atoms with van der Waals surface area (Å²) < 4.78 is 4.50. The van der Waals surface area contributed by atoms with Gasteiger partial charge in [-0.05, 0) is 69.7 Å². The molecule has 0 aliphatic carbocycles. The fourth-order valence-corrected chi connectivity index (χ4v) is 6.17. The maximum Gasteiger partial charge on any atom is 0.275 e. The van der Waals surface area contributed by atoms with E-state index in [0.29, 0.717) is 27.3 Å². The number of fused-ring (bicyclic) bond motifs is 2. The second kappa shape index (κ2) is 10.5. The topological polar surface area (TPSA) is 59.2 Å². The van der Waals surface area contributed by atoms with Crippen molar-refractivity contribution in [1.82, 2.24) is 24.0 Å². The first-order valence-corrected chi connectivity index (χ1v) is 14.0. The first-order valence-electron chi connectivity index (χ1n) is 12.8. The van der Waals surface area contributed by atoms with E-state index in [0.717, 1.165) is 46.2 Å².